The van der Waals surface area contributed by atoms with Gasteiger partial charge in [0.15, 0.2) is 48.8 Å². The molecule has 0 saturated heterocycles. The molecule has 1 aliphatic rings. The Morgan fingerprint density at radius 3 is 1.03 bits per heavy atom. The van der Waals surface area contributed by atoms with Gasteiger partial charge in [-0.1, -0.05) is 102 Å². The van der Waals surface area contributed by atoms with Crippen molar-refractivity contribution in [3.05, 3.63) is 178 Å². The quantitative estimate of drug-likeness (QED) is 0.0353. The number of carbonyl (C=O) groups is 4. The van der Waals surface area contributed by atoms with E-state index >= 15 is 0 Å². The number of carbonyl (C=O) groups excluding carboxylic acids is 4. The molecule has 78 heavy (non-hydrogen) atoms. The lowest BCUT2D eigenvalue weighted by Gasteiger charge is -2.24. The van der Waals surface area contributed by atoms with Gasteiger partial charge in [-0.25, -0.2) is 0 Å². The second-order valence-corrected chi connectivity index (χ2v) is 18.6. The second kappa shape index (κ2) is 29.1. The third kappa shape index (κ3) is 14.9. The van der Waals surface area contributed by atoms with Crippen LogP contribution in [0.3, 0.4) is 0 Å². The zero-order valence-corrected chi connectivity index (χ0v) is 45.2. The number of amides is 2. The third-order valence-electron chi connectivity index (χ3n) is 12.4. The molecule has 8 bridgehead atoms. The lowest BCUT2D eigenvalue weighted by molar-refractivity contribution is -0.118. The van der Waals surface area contributed by atoms with Gasteiger partial charge in [0.25, 0.3) is 11.8 Å². The van der Waals surface area contributed by atoms with Crippen molar-refractivity contribution in [1.82, 2.24) is 0 Å². The molecule has 0 aliphatic heterocycles. The molecule has 6 aromatic carbocycles. The standard InChI is InChI=1S/C64H70N2O12/c1-7-25-71-59-43-17-13-18-44(59)32-50-36-54(66-58(70)42-78-56-24-16-22-48(40-68)64(56)76-30-12-6)38-52(62(50)74-28-10-4)34-46-20-14-19-45(60(46)72-26-8-2)33-51-37-53(35-49(31-43)61(51)73-27-9-3)65-57(69)41-77-55-23-15-21-47(39-67)63(55)75-29-11-5/h11-24,35-40H,5-10,25-34,41-42H2,1-4H3,(H,65,69)(H,66,70). The van der Waals surface area contributed by atoms with Crippen molar-refractivity contribution in [3.63, 3.8) is 0 Å². The molecular formula is C64H70N2O12. The zero-order valence-electron chi connectivity index (χ0n) is 45.2. The number of benzene rings is 6. The normalized spacial score (nSPS) is 11.5. The molecule has 0 fully saturated rings. The summed E-state index contributed by atoms with van der Waals surface area (Å²) in [7, 11) is 0. The fourth-order valence-corrected chi connectivity index (χ4v) is 9.14. The monoisotopic (exact) mass is 1060 g/mol. The summed E-state index contributed by atoms with van der Waals surface area (Å²) in [5.41, 5.74) is 8.54. The number of ether oxygens (including phenoxy) is 8. The second-order valence-electron chi connectivity index (χ2n) is 18.6. The van der Waals surface area contributed by atoms with Gasteiger partial charge in [-0.2, -0.15) is 0 Å². The van der Waals surface area contributed by atoms with Crippen molar-refractivity contribution in [1.29, 1.82) is 0 Å². The molecule has 14 heteroatoms. The number of fused-ring (bicyclic) bond motifs is 8. The van der Waals surface area contributed by atoms with Crippen LogP contribution >= 0.6 is 0 Å². The summed E-state index contributed by atoms with van der Waals surface area (Å²) in [6.07, 6.45) is 9.01. The van der Waals surface area contributed by atoms with Gasteiger partial charge in [0, 0.05) is 59.3 Å². The minimum absolute atomic E-state index is 0.142. The number of hydrogen-bond acceptors (Lipinski definition) is 12. The maximum Gasteiger partial charge on any atom is 0.262 e. The molecule has 6 aromatic rings. The van der Waals surface area contributed by atoms with Gasteiger partial charge < -0.3 is 48.5 Å². The number of aldehydes is 2. The Labute approximate surface area is 457 Å². The Balaban J connectivity index is 1.34. The first-order valence-corrected chi connectivity index (χ1v) is 26.7. The first-order valence-electron chi connectivity index (χ1n) is 26.7. The third-order valence-corrected chi connectivity index (χ3v) is 12.4. The molecule has 0 atom stereocenters. The highest BCUT2D eigenvalue weighted by Crippen LogP contribution is 2.42. The van der Waals surface area contributed by atoms with Crippen LogP contribution in [-0.2, 0) is 35.3 Å². The highest BCUT2D eigenvalue weighted by Gasteiger charge is 2.25. The predicted molar refractivity (Wildman–Crippen MR) is 303 cm³/mol. The molecule has 0 spiro atoms. The average molecular weight is 1060 g/mol. The number of anilines is 2. The first-order chi connectivity index (χ1) is 38.1. The Hall–Kier alpha value is -8.52. The molecule has 14 nitrogen and oxygen atoms in total. The molecule has 0 aromatic heterocycles. The Morgan fingerprint density at radius 1 is 0.423 bits per heavy atom. The van der Waals surface area contributed by atoms with E-state index in [-0.39, 0.29) is 60.6 Å². The Morgan fingerprint density at radius 2 is 0.731 bits per heavy atom. The van der Waals surface area contributed by atoms with Crippen LogP contribution in [0.1, 0.15) is 119 Å². The van der Waals surface area contributed by atoms with E-state index < -0.39 is 11.8 Å². The molecule has 0 unspecified atom stereocenters. The lowest BCUT2D eigenvalue weighted by Crippen LogP contribution is -2.21. The molecule has 2 amide bonds. The van der Waals surface area contributed by atoms with E-state index in [1.807, 2.05) is 36.4 Å². The number of para-hydroxylation sites is 4. The molecule has 7 rings (SSSR count). The summed E-state index contributed by atoms with van der Waals surface area (Å²) in [4.78, 5) is 51.7. The summed E-state index contributed by atoms with van der Waals surface area (Å²) in [6.45, 7) is 17.0. The minimum Gasteiger partial charge on any atom is -0.493 e. The van der Waals surface area contributed by atoms with E-state index in [9.17, 15) is 19.2 Å². The van der Waals surface area contributed by atoms with Crippen LogP contribution in [0.5, 0.6) is 46.0 Å². The smallest absolute Gasteiger partial charge is 0.262 e. The SMILES string of the molecule is C=CCOc1c(C=O)cccc1OCC(=O)Nc1cc2c(OCCC)c(c1)Cc1cccc(c1OCCC)Cc1cc(NC(=O)COc3cccc(C=O)c3OCC=C)cc(c1OCCC)Cc1cccc(c1OCCC)C2. The summed E-state index contributed by atoms with van der Waals surface area (Å²) >= 11 is 0. The van der Waals surface area contributed by atoms with Crippen molar-refractivity contribution in [2.75, 3.05) is 63.5 Å². The van der Waals surface area contributed by atoms with Gasteiger partial charge in [-0.3, -0.25) is 19.2 Å². The van der Waals surface area contributed by atoms with Crippen molar-refractivity contribution < 1.29 is 57.1 Å². The van der Waals surface area contributed by atoms with Gasteiger partial charge in [0.2, 0.25) is 0 Å². The largest absolute Gasteiger partial charge is 0.493 e. The maximum atomic E-state index is 13.9. The van der Waals surface area contributed by atoms with Crippen LogP contribution < -0.4 is 48.5 Å². The summed E-state index contributed by atoms with van der Waals surface area (Å²) in [6, 6.07) is 29.8. The zero-order chi connectivity index (χ0) is 55.2. The van der Waals surface area contributed by atoms with E-state index in [1.165, 1.54) is 0 Å². The summed E-state index contributed by atoms with van der Waals surface area (Å²) in [5.74, 6) is 2.92. The first kappa shape index (κ1) is 57.2. The fraction of sp³-hybridized carbons (Fsp3) is 0.312. The van der Waals surface area contributed by atoms with E-state index in [0.29, 0.717) is 99.1 Å². The van der Waals surface area contributed by atoms with Crippen molar-refractivity contribution in [2.24, 2.45) is 0 Å². The van der Waals surface area contributed by atoms with Crippen LogP contribution in [0.15, 0.2) is 122 Å². The fourth-order valence-electron chi connectivity index (χ4n) is 9.14. The summed E-state index contributed by atoms with van der Waals surface area (Å²) < 4.78 is 50.5. The highest BCUT2D eigenvalue weighted by molar-refractivity contribution is 5.93. The van der Waals surface area contributed by atoms with Crippen LogP contribution in [0.25, 0.3) is 0 Å². The Kier molecular flexibility index (Phi) is 21.4. The number of nitrogens with one attached hydrogen (secondary N) is 2. The van der Waals surface area contributed by atoms with Gasteiger partial charge in [-0.15, -0.1) is 0 Å². The van der Waals surface area contributed by atoms with Gasteiger partial charge in [-0.05, 0) is 96.5 Å². The predicted octanol–water partition coefficient (Wildman–Crippen LogP) is 12.3. The molecule has 0 saturated carbocycles. The van der Waals surface area contributed by atoms with Crippen LogP contribution in [0.4, 0.5) is 11.4 Å². The lowest BCUT2D eigenvalue weighted by atomic mass is 9.90. The molecule has 0 heterocycles. The van der Waals surface area contributed by atoms with Crippen molar-refractivity contribution in [3.8, 4) is 46.0 Å². The van der Waals surface area contributed by atoms with Crippen LogP contribution in [0, 0.1) is 0 Å². The Bertz CT molecular complexity index is 2780. The average Bonchev–Trinajstić information content (AvgIpc) is 3.48. The van der Waals surface area contributed by atoms with Crippen molar-refractivity contribution in [2.45, 2.75) is 79.1 Å². The molecule has 1 aliphatic carbocycles. The van der Waals surface area contributed by atoms with E-state index in [1.54, 1.807) is 48.6 Å². The van der Waals surface area contributed by atoms with Gasteiger partial charge in [0.1, 0.15) is 36.2 Å². The van der Waals surface area contributed by atoms with E-state index in [0.717, 1.165) is 70.2 Å². The number of rotatable bonds is 28. The molecule has 2 N–H and O–H groups in total. The molecular weight excluding hydrogens is 989 g/mol. The van der Waals surface area contributed by atoms with Crippen LogP contribution in [0.2, 0.25) is 0 Å². The topological polar surface area (TPSA) is 166 Å². The van der Waals surface area contributed by atoms with Crippen molar-refractivity contribution >= 4 is 35.8 Å². The van der Waals surface area contributed by atoms with Crippen LogP contribution in [-0.4, -0.2) is 77.2 Å². The number of hydrogen-bond donors (Lipinski definition) is 2. The molecule has 408 valence electrons. The minimum atomic E-state index is -0.428. The van der Waals surface area contributed by atoms with E-state index in [2.05, 4.69) is 75.8 Å². The van der Waals surface area contributed by atoms with E-state index in [4.69, 9.17) is 37.9 Å². The summed E-state index contributed by atoms with van der Waals surface area (Å²) in [5, 5.41) is 6.19. The van der Waals surface area contributed by atoms with Gasteiger partial charge in [0.05, 0.1) is 37.6 Å². The molecule has 0 radical (unpaired) electrons. The highest BCUT2D eigenvalue weighted by atomic mass is 16.5. The van der Waals surface area contributed by atoms with Gasteiger partial charge >= 0.3 is 0 Å². The maximum absolute atomic E-state index is 13.9.